The van der Waals surface area contributed by atoms with Gasteiger partial charge in [0.25, 0.3) is 0 Å². The molecule has 0 radical (unpaired) electrons. The van der Waals surface area contributed by atoms with Gasteiger partial charge in [0.1, 0.15) is 11.6 Å². The van der Waals surface area contributed by atoms with Crippen molar-refractivity contribution in [2.24, 2.45) is 5.73 Å². The fourth-order valence-electron chi connectivity index (χ4n) is 1.84. The van der Waals surface area contributed by atoms with Gasteiger partial charge in [-0.2, -0.15) is 0 Å². The van der Waals surface area contributed by atoms with Crippen LogP contribution in [0.2, 0.25) is 0 Å². The highest BCUT2D eigenvalue weighted by Gasteiger charge is 2.11. The minimum atomic E-state index is 0.354. The number of aromatic nitrogens is 1. The van der Waals surface area contributed by atoms with E-state index >= 15 is 0 Å². The first kappa shape index (κ1) is 11.4. The molecular weight excluding hydrogens is 214 g/mol. The highest BCUT2D eigenvalue weighted by molar-refractivity contribution is 5.76. The number of benzene rings is 1. The van der Waals surface area contributed by atoms with Gasteiger partial charge in [0.15, 0.2) is 0 Å². The van der Waals surface area contributed by atoms with Crippen molar-refractivity contribution in [2.45, 2.75) is 6.54 Å². The van der Waals surface area contributed by atoms with E-state index in [1.807, 2.05) is 30.3 Å². The summed E-state index contributed by atoms with van der Waals surface area (Å²) in [6, 6.07) is 9.67. The van der Waals surface area contributed by atoms with Crippen LogP contribution >= 0.6 is 0 Å². The van der Waals surface area contributed by atoms with Gasteiger partial charge < -0.3 is 16.2 Å². The summed E-state index contributed by atoms with van der Waals surface area (Å²) in [7, 11) is 1.64. The molecule has 0 amide bonds. The maximum atomic E-state index is 5.83. The summed E-state index contributed by atoms with van der Waals surface area (Å²) >= 11 is 0. The van der Waals surface area contributed by atoms with Crippen LogP contribution in [0, 0.1) is 0 Å². The van der Waals surface area contributed by atoms with Crippen LogP contribution in [0.15, 0.2) is 36.5 Å². The number of nitrogen functional groups attached to an aromatic ring is 1. The van der Waals surface area contributed by atoms with E-state index in [0.29, 0.717) is 12.4 Å². The Hall–Kier alpha value is -2.07. The lowest BCUT2D eigenvalue weighted by molar-refractivity contribution is 0.416. The first-order valence-electron chi connectivity index (χ1n) is 5.34. The number of hydrogen-bond donors (Lipinski definition) is 2. The fourth-order valence-corrected chi connectivity index (χ4v) is 1.84. The lowest BCUT2D eigenvalue weighted by Gasteiger charge is -2.13. The van der Waals surface area contributed by atoms with Gasteiger partial charge in [-0.3, -0.25) is 0 Å². The molecular formula is C13H15N3O. The number of anilines is 1. The summed E-state index contributed by atoms with van der Waals surface area (Å²) < 4.78 is 5.34. The zero-order valence-corrected chi connectivity index (χ0v) is 9.68. The molecule has 0 bridgehead atoms. The Morgan fingerprint density at radius 3 is 2.65 bits per heavy atom. The Morgan fingerprint density at radius 1 is 1.18 bits per heavy atom. The highest BCUT2D eigenvalue weighted by atomic mass is 16.5. The molecule has 4 N–H and O–H groups in total. The summed E-state index contributed by atoms with van der Waals surface area (Å²) in [6.45, 7) is 0.354. The quantitative estimate of drug-likeness (QED) is 0.841. The number of nitrogens with zero attached hydrogens (tertiary/aromatic N) is 1. The molecule has 17 heavy (non-hydrogen) atoms. The molecule has 0 aliphatic carbocycles. The molecule has 0 atom stereocenters. The second kappa shape index (κ2) is 4.84. The molecule has 4 heteroatoms. The molecule has 0 aliphatic rings. The van der Waals surface area contributed by atoms with Crippen molar-refractivity contribution in [2.75, 3.05) is 12.8 Å². The minimum absolute atomic E-state index is 0.354. The molecule has 1 aromatic carbocycles. The van der Waals surface area contributed by atoms with Gasteiger partial charge in [0.2, 0.25) is 0 Å². The molecule has 88 valence electrons. The average molecular weight is 229 g/mol. The van der Waals surface area contributed by atoms with E-state index < -0.39 is 0 Å². The molecule has 0 unspecified atom stereocenters. The van der Waals surface area contributed by atoms with Crippen molar-refractivity contribution in [1.82, 2.24) is 4.98 Å². The van der Waals surface area contributed by atoms with Gasteiger partial charge in [-0.15, -0.1) is 0 Å². The molecule has 0 spiro atoms. The number of rotatable bonds is 3. The molecule has 2 rings (SSSR count). The number of methoxy groups -OCH3 is 1. The van der Waals surface area contributed by atoms with Crippen LogP contribution < -0.4 is 16.2 Å². The maximum Gasteiger partial charge on any atom is 0.128 e. The predicted molar refractivity (Wildman–Crippen MR) is 68.5 cm³/mol. The maximum absolute atomic E-state index is 5.83. The van der Waals surface area contributed by atoms with E-state index in [1.165, 1.54) is 0 Å². The van der Waals surface area contributed by atoms with Gasteiger partial charge in [-0.25, -0.2) is 4.98 Å². The van der Waals surface area contributed by atoms with Gasteiger partial charge in [0.05, 0.1) is 7.11 Å². The number of para-hydroxylation sites is 1. The molecule has 0 saturated carbocycles. The predicted octanol–water partition coefficient (Wildman–Crippen LogP) is 1.80. The van der Waals surface area contributed by atoms with Crippen molar-refractivity contribution in [3.8, 4) is 16.9 Å². The third-order valence-electron chi connectivity index (χ3n) is 2.69. The third-order valence-corrected chi connectivity index (χ3v) is 2.69. The monoisotopic (exact) mass is 229 g/mol. The van der Waals surface area contributed by atoms with Gasteiger partial charge in [-0.05, 0) is 17.7 Å². The van der Waals surface area contributed by atoms with E-state index in [0.717, 1.165) is 22.4 Å². The SMILES string of the molecule is COc1ccccc1-c1ccnc(N)c1CN. The number of ether oxygens (including phenoxy) is 1. The zero-order valence-electron chi connectivity index (χ0n) is 9.68. The molecule has 1 aromatic heterocycles. The molecule has 0 aliphatic heterocycles. The lowest BCUT2D eigenvalue weighted by Crippen LogP contribution is -2.05. The first-order chi connectivity index (χ1) is 8.27. The third kappa shape index (κ3) is 2.07. The van der Waals surface area contributed by atoms with Crippen LogP contribution in [0.5, 0.6) is 5.75 Å². The Balaban J connectivity index is 2.64. The fraction of sp³-hybridized carbons (Fsp3) is 0.154. The second-order valence-corrected chi connectivity index (χ2v) is 3.63. The van der Waals surface area contributed by atoms with Crippen LogP contribution in [0.4, 0.5) is 5.82 Å². The van der Waals surface area contributed by atoms with Crippen molar-refractivity contribution in [1.29, 1.82) is 0 Å². The van der Waals surface area contributed by atoms with Crippen LogP contribution in [-0.4, -0.2) is 12.1 Å². The van der Waals surface area contributed by atoms with Crippen molar-refractivity contribution >= 4 is 5.82 Å². The number of hydrogen-bond acceptors (Lipinski definition) is 4. The summed E-state index contributed by atoms with van der Waals surface area (Å²) in [5.41, 5.74) is 14.3. The van der Waals surface area contributed by atoms with Crippen LogP contribution in [0.3, 0.4) is 0 Å². The average Bonchev–Trinajstić information content (AvgIpc) is 2.38. The Morgan fingerprint density at radius 2 is 1.94 bits per heavy atom. The molecule has 1 heterocycles. The normalized spacial score (nSPS) is 10.2. The van der Waals surface area contributed by atoms with E-state index in [1.54, 1.807) is 13.3 Å². The Labute approximate surface area is 100 Å². The van der Waals surface area contributed by atoms with Crippen molar-refractivity contribution in [3.63, 3.8) is 0 Å². The first-order valence-corrected chi connectivity index (χ1v) is 5.34. The summed E-state index contributed by atoms with van der Waals surface area (Å²) in [4.78, 5) is 4.05. The summed E-state index contributed by atoms with van der Waals surface area (Å²) in [5.74, 6) is 1.27. The number of nitrogens with two attached hydrogens (primary N) is 2. The summed E-state index contributed by atoms with van der Waals surface area (Å²) in [6.07, 6.45) is 1.68. The topological polar surface area (TPSA) is 74.2 Å². The largest absolute Gasteiger partial charge is 0.496 e. The van der Waals surface area contributed by atoms with Crippen LogP contribution in [-0.2, 0) is 6.54 Å². The molecule has 0 saturated heterocycles. The van der Waals surface area contributed by atoms with E-state index in [9.17, 15) is 0 Å². The Kier molecular flexibility index (Phi) is 3.25. The van der Waals surface area contributed by atoms with Gasteiger partial charge in [0, 0.05) is 23.9 Å². The second-order valence-electron chi connectivity index (χ2n) is 3.63. The standard InChI is InChI=1S/C13H15N3O/c1-17-12-5-3-2-4-10(12)9-6-7-16-13(15)11(9)8-14/h2-7H,8,14H2,1H3,(H2,15,16). The van der Waals surface area contributed by atoms with E-state index in [2.05, 4.69) is 4.98 Å². The Bertz CT molecular complexity index is 526. The number of pyridine rings is 1. The van der Waals surface area contributed by atoms with E-state index in [4.69, 9.17) is 16.2 Å². The lowest BCUT2D eigenvalue weighted by atomic mass is 10.00. The summed E-state index contributed by atoms with van der Waals surface area (Å²) in [5, 5.41) is 0. The molecule has 2 aromatic rings. The molecule has 0 fully saturated rings. The van der Waals surface area contributed by atoms with Crippen LogP contribution in [0.1, 0.15) is 5.56 Å². The zero-order chi connectivity index (χ0) is 12.3. The highest BCUT2D eigenvalue weighted by Crippen LogP contribution is 2.33. The van der Waals surface area contributed by atoms with Crippen molar-refractivity contribution in [3.05, 3.63) is 42.1 Å². The minimum Gasteiger partial charge on any atom is -0.496 e. The van der Waals surface area contributed by atoms with Gasteiger partial charge >= 0.3 is 0 Å². The van der Waals surface area contributed by atoms with Gasteiger partial charge in [-0.1, -0.05) is 18.2 Å². The molecule has 4 nitrogen and oxygen atoms in total. The smallest absolute Gasteiger partial charge is 0.128 e. The van der Waals surface area contributed by atoms with E-state index in [-0.39, 0.29) is 0 Å². The van der Waals surface area contributed by atoms with Crippen molar-refractivity contribution < 1.29 is 4.74 Å². The van der Waals surface area contributed by atoms with Crippen LogP contribution in [0.25, 0.3) is 11.1 Å².